The Bertz CT molecular complexity index is 511. The number of benzene rings is 1. The standard InChI is InChI=1S/C17H24N2OS/c1-14(2)8-10-20-11-9-18-12-17-19-16(13-21-17)15-6-4-3-5-7-15/h3-7,13-14,18H,8-12H2,1-2H3. The van der Waals surface area contributed by atoms with Gasteiger partial charge < -0.3 is 10.1 Å². The quantitative estimate of drug-likeness (QED) is 0.712. The zero-order valence-electron chi connectivity index (χ0n) is 12.8. The van der Waals surface area contributed by atoms with Crippen molar-refractivity contribution in [2.45, 2.75) is 26.8 Å². The van der Waals surface area contributed by atoms with E-state index in [0.29, 0.717) is 5.92 Å². The SMILES string of the molecule is CC(C)CCOCCNCc1nc(-c2ccccc2)cs1. The van der Waals surface area contributed by atoms with E-state index in [1.807, 2.05) is 18.2 Å². The van der Waals surface area contributed by atoms with Gasteiger partial charge in [-0.3, -0.25) is 0 Å². The Balaban J connectivity index is 1.65. The number of ether oxygens (including phenoxy) is 1. The summed E-state index contributed by atoms with van der Waals surface area (Å²) < 4.78 is 5.58. The Kier molecular flexibility index (Phi) is 6.86. The maximum Gasteiger partial charge on any atom is 0.107 e. The van der Waals surface area contributed by atoms with E-state index in [2.05, 4.69) is 41.7 Å². The maximum atomic E-state index is 5.58. The second-order valence-electron chi connectivity index (χ2n) is 5.46. The van der Waals surface area contributed by atoms with Crippen LogP contribution in [0.1, 0.15) is 25.3 Å². The van der Waals surface area contributed by atoms with Crippen LogP contribution in [0.15, 0.2) is 35.7 Å². The lowest BCUT2D eigenvalue weighted by Gasteiger charge is -2.06. The summed E-state index contributed by atoms with van der Waals surface area (Å²) in [4.78, 5) is 4.65. The largest absolute Gasteiger partial charge is 0.380 e. The van der Waals surface area contributed by atoms with E-state index in [1.165, 1.54) is 5.56 Å². The highest BCUT2D eigenvalue weighted by atomic mass is 32.1. The molecule has 1 aromatic heterocycles. The highest BCUT2D eigenvalue weighted by Crippen LogP contribution is 2.21. The van der Waals surface area contributed by atoms with Crippen LogP contribution in [-0.4, -0.2) is 24.7 Å². The van der Waals surface area contributed by atoms with Crippen LogP contribution in [-0.2, 0) is 11.3 Å². The van der Waals surface area contributed by atoms with E-state index in [4.69, 9.17) is 4.74 Å². The van der Waals surface area contributed by atoms with Gasteiger partial charge in [0.1, 0.15) is 5.01 Å². The number of hydrogen-bond acceptors (Lipinski definition) is 4. The first kappa shape index (κ1) is 16.1. The Labute approximate surface area is 131 Å². The Morgan fingerprint density at radius 2 is 2.00 bits per heavy atom. The average Bonchev–Trinajstić information content (AvgIpc) is 2.96. The van der Waals surface area contributed by atoms with Gasteiger partial charge in [-0.05, 0) is 12.3 Å². The fraction of sp³-hybridized carbons (Fsp3) is 0.471. The van der Waals surface area contributed by atoms with Crippen molar-refractivity contribution in [2.24, 2.45) is 5.92 Å². The molecule has 0 aliphatic rings. The molecule has 114 valence electrons. The normalized spacial score (nSPS) is 11.2. The van der Waals surface area contributed by atoms with Crippen molar-refractivity contribution in [1.82, 2.24) is 10.3 Å². The minimum Gasteiger partial charge on any atom is -0.380 e. The molecule has 0 saturated heterocycles. The average molecular weight is 304 g/mol. The number of hydrogen-bond donors (Lipinski definition) is 1. The van der Waals surface area contributed by atoms with Crippen molar-refractivity contribution in [2.75, 3.05) is 19.8 Å². The summed E-state index contributed by atoms with van der Waals surface area (Å²) >= 11 is 1.70. The van der Waals surface area contributed by atoms with Crippen LogP contribution in [0.25, 0.3) is 11.3 Å². The highest BCUT2D eigenvalue weighted by molar-refractivity contribution is 7.09. The van der Waals surface area contributed by atoms with E-state index in [9.17, 15) is 0 Å². The lowest BCUT2D eigenvalue weighted by molar-refractivity contribution is 0.125. The monoisotopic (exact) mass is 304 g/mol. The summed E-state index contributed by atoms with van der Waals surface area (Å²) in [7, 11) is 0. The zero-order valence-corrected chi connectivity index (χ0v) is 13.7. The van der Waals surface area contributed by atoms with E-state index in [1.54, 1.807) is 11.3 Å². The van der Waals surface area contributed by atoms with E-state index < -0.39 is 0 Å². The van der Waals surface area contributed by atoms with Crippen molar-refractivity contribution in [3.63, 3.8) is 0 Å². The summed E-state index contributed by atoms with van der Waals surface area (Å²) in [6.07, 6.45) is 1.13. The van der Waals surface area contributed by atoms with Crippen molar-refractivity contribution in [3.05, 3.63) is 40.7 Å². The van der Waals surface area contributed by atoms with Crippen LogP contribution in [0.2, 0.25) is 0 Å². The van der Waals surface area contributed by atoms with Crippen LogP contribution in [0.4, 0.5) is 0 Å². The van der Waals surface area contributed by atoms with Gasteiger partial charge in [-0.25, -0.2) is 4.98 Å². The molecule has 0 unspecified atom stereocenters. The molecular formula is C17H24N2OS. The molecule has 4 heteroatoms. The molecule has 1 N–H and O–H groups in total. The van der Waals surface area contributed by atoms with Gasteiger partial charge in [-0.15, -0.1) is 11.3 Å². The molecule has 1 aromatic carbocycles. The molecule has 0 fully saturated rings. The summed E-state index contributed by atoms with van der Waals surface area (Å²) in [6.45, 7) is 7.74. The summed E-state index contributed by atoms with van der Waals surface area (Å²) in [5, 5.41) is 6.62. The molecule has 2 rings (SSSR count). The van der Waals surface area contributed by atoms with E-state index in [-0.39, 0.29) is 0 Å². The summed E-state index contributed by atoms with van der Waals surface area (Å²) in [5.41, 5.74) is 2.24. The maximum absolute atomic E-state index is 5.58. The van der Waals surface area contributed by atoms with Crippen molar-refractivity contribution >= 4 is 11.3 Å². The molecule has 1 heterocycles. The molecule has 3 nitrogen and oxygen atoms in total. The number of rotatable bonds is 9. The van der Waals surface area contributed by atoms with Crippen LogP contribution in [0, 0.1) is 5.92 Å². The lowest BCUT2D eigenvalue weighted by atomic mass is 10.1. The fourth-order valence-electron chi connectivity index (χ4n) is 1.89. The van der Waals surface area contributed by atoms with Crippen LogP contribution in [0.5, 0.6) is 0 Å². The molecule has 0 atom stereocenters. The molecule has 0 aliphatic carbocycles. The molecular weight excluding hydrogens is 280 g/mol. The van der Waals surface area contributed by atoms with Crippen LogP contribution >= 0.6 is 11.3 Å². The summed E-state index contributed by atoms with van der Waals surface area (Å²) in [5.74, 6) is 0.713. The third kappa shape index (κ3) is 5.96. The van der Waals surface area contributed by atoms with Gasteiger partial charge in [-0.2, -0.15) is 0 Å². The molecule has 0 amide bonds. The number of nitrogens with one attached hydrogen (secondary N) is 1. The molecule has 0 saturated carbocycles. The smallest absolute Gasteiger partial charge is 0.107 e. The van der Waals surface area contributed by atoms with Crippen LogP contribution in [0.3, 0.4) is 0 Å². The Morgan fingerprint density at radius 1 is 1.19 bits per heavy atom. The Hall–Kier alpha value is -1.23. The fourth-order valence-corrected chi connectivity index (χ4v) is 2.67. The third-order valence-corrected chi connectivity index (χ3v) is 4.01. The molecule has 0 radical (unpaired) electrons. The van der Waals surface area contributed by atoms with Crippen molar-refractivity contribution in [3.8, 4) is 11.3 Å². The van der Waals surface area contributed by atoms with Crippen LogP contribution < -0.4 is 5.32 Å². The lowest BCUT2D eigenvalue weighted by Crippen LogP contribution is -2.19. The molecule has 2 aromatic rings. The highest BCUT2D eigenvalue weighted by Gasteiger charge is 2.03. The van der Waals surface area contributed by atoms with Gasteiger partial charge >= 0.3 is 0 Å². The van der Waals surface area contributed by atoms with Crippen molar-refractivity contribution < 1.29 is 4.74 Å². The van der Waals surface area contributed by atoms with Gasteiger partial charge in [0.25, 0.3) is 0 Å². The van der Waals surface area contributed by atoms with Crippen molar-refractivity contribution in [1.29, 1.82) is 0 Å². The minimum atomic E-state index is 0.713. The van der Waals surface area contributed by atoms with E-state index >= 15 is 0 Å². The number of aromatic nitrogens is 1. The number of thiazole rings is 1. The minimum absolute atomic E-state index is 0.713. The van der Waals surface area contributed by atoms with Gasteiger partial charge in [0, 0.05) is 30.6 Å². The Morgan fingerprint density at radius 3 is 2.76 bits per heavy atom. The first-order chi connectivity index (χ1) is 10.3. The van der Waals surface area contributed by atoms with Gasteiger partial charge in [-0.1, -0.05) is 44.2 Å². The predicted molar refractivity (Wildman–Crippen MR) is 89.5 cm³/mol. The van der Waals surface area contributed by atoms with Gasteiger partial charge in [0.15, 0.2) is 0 Å². The van der Waals surface area contributed by atoms with E-state index in [0.717, 1.165) is 43.4 Å². The second kappa shape index (κ2) is 8.93. The predicted octanol–water partition coefficient (Wildman–Crippen LogP) is 3.96. The third-order valence-electron chi connectivity index (χ3n) is 3.16. The molecule has 0 spiro atoms. The second-order valence-corrected chi connectivity index (χ2v) is 6.41. The number of nitrogens with zero attached hydrogens (tertiary/aromatic N) is 1. The zero-order chi connectivity index (χ0) is 14.9. The summed E-state index contributed by atoms with van der Waals surface area (Å²) in [6, 6.07) is 10.3. The molecule has 21 heavy (non-hydrogen) atoms. The first-order valence-corrected chi connectivity index (χ1v) is 8.42. The molecule has 0 bridgehead atoms. The van der Waals surface area contributed by atoms with Gasteiger partial charge in [0.05, 0.1) is 12.3 Å². The topological polar surface area (TPSA) is 34.1 Å². The molecule has 0 aliphatic heterocycles. The van der Waals surface area contributed by atoms with Gasteiger partial charge in [0.2, 0.25) is 0 Å². The first-order valence-electron chi connectivity index (χ1n) is 7.54.